The van der Waals surface area contributed by atoms with Gasteiger partial charge in [0, 0.05) is 26.1 Å². The van der Waals surface area contributed by atoms with Crippen LogP contribution in [0.4, 0.5) is 5.69 Å². The van der Waals surface area contributed by atoms with E-state index in [1.807, 2.05) is 0 Å². The van der Waals surface area contributed by atoms with Gasteiger partial charge in [-0.25, -0.2) is 14.8 Å². The van der Waals surface area contributed by atoms with Crippen molar-refractivity contribution < 1.29 is 14.3 Å². The second-order valence-electron chi connectivity index (χ2n) is 8.18. The van der Waals surface area contributed by atoms with Gasteiger partial charge in [0.15, 0.2) is 5.65 Å². The molecule has 1 fully saturated rings. The molecule has 1 amide bonds. The second kappa shape index (κ2) is 9.88. The number of amides is 1. The lowest BCUT2D eigenvalue weighted by molar-refractivity contribution is -0.113. The van der Waals surface area contributed by atoms with Crippen molar-refractivity contribution in [1.29, 1.82) is 0 Å². The van der Waals surface area contributed by atoms with Gasteiger partial charge in [-0.1, -0.05) is 24.6 Å². The summed E-state index contributed by atoms with van der Waals surface area (Å²) in [6, 6.07) is 5.10. The van der Waals surface area contributed by atoms with Crippen molar-refractivity contribution in [3.05, 3.63) is 44.9 Å². The molecular weight excluding hydrogens is 458 g/mol. The van der Waals surface area contributed by atoms with Crippen molar-refractivity contribution in [2.24, 2.45) is 14.1 Å². The van der Waals surface area contributed by atoms with Crippen LogP contribution in [0.25, 0.3) is 11.0 Å². The molecule has 180 valence electrons. The third kappa shape index (κ3) is 4.52. The number of anilines is 1. The fraction of sp³-hybridized carbons (Fsp3) is 0.435. The van der Waals surface area contributed by atoms with Crippen LogP contribution < -0.4 is 26.0 Å². The molecule has 1 aliphatic rings. The Kier molecular flexibility index (Phi) is 6.92. The number of thioether (sulfide) groups is 1. The van der Waals surface area contributed by atoms with Gasteiger partial charge >= 0.3 is 5.69 Å². The molecule has 1 saturated carbocycles. The summed E-state index contributed by atoms with van der Waals surface area (Å²) >= 11 is 1.15. The number of aryl methyl sites for hydroxylation is 1. The molecule has 0 spiro atoms. The predicted octanol–water partition coefficient (Wildman–Crippen LogP) is 2.43. The van der Waals surface area contributed by atoms with Crippen LogP contribution >= 0.6 is 11.8 Å². The molecule has 0 unspecified atom stereocenters. The van der Waals surface area contributed by atoms with Gasteiger partial charge in [0.2, 0.25) is 5.91 Å². The first-order valence-electron chi connectivity index (χ1n) is 11.0. The summed E-state index contributed by atoms with van der Waals surface area (Å²) < 4.78 is 12.9. The second-order valence-corrected chi connectivity index (χ2v) is 9.14. The highest BCUT2D eigenvalue weighted by molar-refractivity contribution is 8.00. The smallest absolute Gasteiger partial charge is 0.332 e. The molecule has 3 aromatic rings. The first kappa shape index (κ1) is 23.8. The van der Waals surface area contributed by atoms with Crippen LogP contribution in [0.5, 0.6) is 11.5 Å². The lowest BCUT2D eigenvalue weighted by atomic mass is 10.1. The molecule has 11 heteroatoms. The van der Waals surface area contributed by atoms with Crippen LogP contribution in [0.2, 0.25) is 0 Å². The van der Waals surface area contributed by atoms with Crippen LogP contribution in [0.3, 0.4) is 0 Å². The number of nitrogens with one attached hydrogen (secondary N) is 1. The number of carbonyl (C=O) groups is 1. The number of rotatable bonds is 7. The Balaban J connectivity index is 1.66. The van der Waals surface area contributed by atoms with Crippen LogP contribution in [-0.4, -0.2) is 45.0 Å². The monoisotopic (exact) mass is 485 g/mol. The summed E-state index contributed by atoms with van der Waals surface area (Å²) in [6.07, 6.45) is 4.12. The average Bonchev–Trinajstić information content (AvgIpc) is 3.39. The van der Waals surface area contributed by atoms with Gasteiger partial charge in [-0.15, -0.1) is 0 Å². The topological polar surface area (TPSA) is 117 Å². The molecule has 1 aromatic carbocycles. The van der Waals surface area contributed by atoms with E-state index in [0.29, 0.717) is 33.7 Å². The maximum atomic E-state index is 13.0. The molecule has 1 aliphatic carbocycles. The molecule has 10 nitrogen and oxygen atoms in total. The van der Waals surface area contributed by atoms with Crippen LogP contribution in [0.15, 0.2) is 32.8 Å². The fourth-order valence-electron chi connectivity index (χ4n) is 4.14. The molecule has 34 heavy (non-hydrogen) atoms. The van der Waals surface area contributed by atoms with Crippen molar-refractivity contribution >= 4 is 34.4 Å². The number of hydrogen-bond donors (Lipinski definition) is 1. The predicted molar refractivity (Wildman–Crippen MR) is 130 cm³/mol. The van der Waals surface area contributed by atoms with Gasteiger partial charge in [-0.2, -0.15) is 0 Å². The van der Waals surface area contributed by atoms with Crippen LogP contribution in [0, 0.1) is 0 Å². The number of carbonyl (C=O) groups excluding carboxylic acids is 1. The van der Waals surface area contributed by atoms with Crippen LogP contribution in [0.1, 0.15) is 37.4 Å². The highest BCUT2D eigenvalue weighted by Crippen LogP contribution is 2.34. The molecule has 0 saturated heterocycles. The molecule has 1 N–H and O–H groups in total. The van der Waals surface area contributed by atoms with E-state index >= 15 is 0 Å². The lowest BCUT2D eigenvalue weighted by Gasteiger charge is -2.15. The van der Waals surface area contributed by atoms with E-state index in [1.54, 1.807) is 32.4 Å². The number of nitrogens with zero attached hydrogens (tertiary/aromatic N) is 4. The number of hydrogen-bond acceptors (Lipinski definition) is 8. The van der Waals surface area contributed by atoms with E-state index in [0.717, 1.165) is 42.0 Å². The van der Waals surface area contributed by atoms with Gasteiger partial charge in [-0.05, 0) is 25.0 Å². The summed E-state index contributed by atoms with van der Waals surface area (Å²) in [7, 11) is 6.07. The summed E-state index contributed by atoms with van der Waals surface area (Å²) in [5, 5.41) is 3.47. The Labute approximate surface area is 200 Å². The van der Waals surface area contributed by atoms with Gasteiger partial charge in [-0.3, -0.25) is 18.7 Å². The van der Waals surface area contributed by atoms with E-state index < -0.39 is 11.2 Å². The maximum absolute atomic E-state index is 13.0. The largest absolute Gasteiger partial charge is 0.497 e. The van der Waals surface area contributed by atoms with Crippen LogP contribution in [-0.2, 0) is 18.9 Å². The number of fused-ring (bicyclic) bond motifs is 1. The van der Waals surface area contributed by atoms with Crippen molar-refractivity contribution in [2.75, 3.05) is 25.3 Å². The minimum Gasteiger partial charge on any atom is -0.497 e. The first-order valence-corrected chi connectivity index (χ1v) is 11.9. The first-order chi connectivity index (χ1) is 16.3. The highest BCUT2D eigenvalue weighted by atomic mass is 32.2. The van der Waals surface area contributed by atoms with Crippen molar-refractivity contribution in [3.63, 3.8) is 0 Å². The third-order valence-electron chi connectivity index (χ3n) is 6.03. The summed E-state index contributed by atoms with van der Waals surface area (Å²) in [5.41, 5.74) is -0.124. The Morgan fingerprint density at radius 1 is 1.12 bits per heavy atom. The van der Waals surface area contributed by atoms with Gasteiger partial charge in [0.05, 0.1) is 25.7 Å². The van der Waals surface area contributed by atoms with E-state index in [9.17, 15) is 14.4 Å². The molecular formula is C23H27N5O5S. The Morgan fingerprint density at radius 2 is 1.85 bits per heavy atom. The van der Waals surface area contributed by atoms with Gasteiger partial charge < -0.3 is 14.8 Å². The fourth-order valence-corrected chi connectivity index (χ4v) is 4.96. The summed E-state index contributed by atoms with van der Waals surface area (Å²) in [4.78, 5) is 47.5. The maximum Gasteiger partial charge on any atom is 0.332 e. The zero-order valence-electron chi connectivity index (χ0n) is 19.6. The van der Waals surface area contributed by atoms with E-state index in [1.165, 1.54) is 18.7 Å². The van der Waals surface area contributed by atoms with E-state index in [2.05, 4.69) is 10.3 Å². The van der Waals surface area contributed by atoms with Crippen molar-refractivity contribution in [3.8, 4) is 11.5 Å². The number of ether oxygens (including phenoxy) is 2. The van der Waals surface area contributed by atoms with E-state index in [4.69, 9.17) is 14.5 Å². The third-order valence-corrected chi connectivity index (χ3v) is 7.00. The number of methoxy groups -OCH3 is 2. The number of benzene rings is 1. The Bertz CT molecular complexity index is 1360. The number of aromatic nitrogens is 4. The zero-order valence-corrected chi connectivity index (χ0v) is 20.4. The Morgan fingerprint density at radius 3 is 2.53 bits per heavy atom. The SMILES string of the molecule is COc1ccc(NC(=O)CSc2nc(C3CCCC3)nc3c2c(=O)n(C)c(=O)n3C)c(OC)c1. The minimum atomic E-state index is -0.476. The molecule has 2 aromatic heterocycles. The summed E-state index contributed by atoms with van der Waals surface area (Å²) in [5.74, 6) is 1.60. The Hall–Kier alpha value is -3.34. The van der Waals surface area contributed by atoms with Crippen molar-refractivity contribution in [1.82, 2.24) is 19.1 Å². The zero-order chi connectivity index (χ0) is 24.4. The van der Waals surface area contributed by atoms with Gasteiger partial charge in [0.1, 0.15) is 27.7 Å². The molecule has 0 aliphatic heterocycles. The molecule has 0 radical (unpaired) electrons. The summed E-state index contributed by atoms with van der Waals surface area (Å²) in [6.45, 7) is 0. The normalized spacial score (nSPS) is 13.9. The molecule has 0 bridgehead atoms. The average molecular weight is 486 g/mol. The molecule has 0 atom stereocenters. The van der Waals surface area contributed by atoms with Gasteiger partial charge in [0.25, 0.3) is 5.56 Å². The molecule has 2 heterocycles. The van der Waals surface area contributed by atoms with E-state index in [-0.39, 0.29) is 23.0 Å². The van der Waals surface area contributed by atoms with Crippen molar-refractivity contribution in [2.45, 2.75) is 36.6 Å². The highest BCUT2D eigenvalue weighted by Gasteiger charge is 2.24. The molecule has 4 rings (SSSR count). The quantitative estimate of drug-likeness (QED) is 0.401. The standard InChI is InChI=1S/C23H27N5O5S/c1-27-20-18(22(30)28(2)23(27)31)21(26-19(25-20)13-7-5-6-8-13)34-12-17(29)24-15-10-9-14(32-3)11-16(15)33-4/h9-11,13H,5-8,12H2,1-4H3,(H,24,29). The lowest BCUT2D eigenvalue weighted by Crippen LogP contribution is -2.38. The minimum absolute atomic E-state index is 0.0113.